The number of aliphatic carboxylic acids is 3. The Hall–Kier alpha value is -2.87. The summed E-state index contributed by atoms with van der Waals surface area (Å²) in [5, 5.41) is 32.6. The molecule has 3 atom stereocenters. The second-order valence-corrected chi connectivity index (χ2v) is 6.81. The normalized spacial score (nSPS) is 13.4. The van der Waals surface area contributed by atoms with Crippen LogP contribution in [0.2, 0.25) is 0 Å². The number of carbonyl (C=O) groups excluding carboxylic acids is 3. The Kier molecular flexibility index (Phi) is 12.0. The lowest BCUT2D eigenvalue weighted by atomic mass is 10.1. The molecule has 8 N–H and O–H groups in total. The van der Waals surface area contributed by atoms with Crippen LogP contribution in [0, 0.1) is 0 Å². The van der Waals surface area contributed by atoms with Gasteiger partial charge in [0.25, 0.3) is 0 Å². The van der Waals surface area contributed by atoms with Crippen molar-refractivity contribution in [2.75, 3.05) is 18.6 Å². The largest absolute Gasteiger partial charge is 0.481 e. The molecular formula is C15H24N4O9S. The van der Waals surface area contributed by atoms with Gasteiger partial charge < -0.3 is 37.0 Å². The minimum absolute atomic E-state index is 0.374. The predicted molar refractivity (Wildman–Crippen MR) is 100.0 cm³/mol. The van der Waals surface area contributed by atoms with Gasteiger partial charge >= 0.3 is 17.9 Å². The van der Waals surface area contributed by atoms with E-state index in [1.54, 1.807) is 0 Å². The monoisotopic (exact) mass is 436 g/mol. The molecule has 0 aromatic heterocycles. The summed E-state index contributed by atoms with van der Waals surface area (Å²) in [6, 6.07) is -4.35. The molecule has 29 heavy (non-hydrogen) atoms. The molecule has 0 radical (unpaired) electrons. The summed E-state index contributed by atoms with van der Waals surface area (Å²) < 4.78 is 0. The topological polar surface area (TPSA) is 225 Å². The summed E-state index contributed by atoms with van der Waals surface area (Å²) in [5.74, 6) is -6.72. The first-order chi connectivity index (χ1) is 13.5. The average molecular weight is 436 g/mol. The van der Waals surface area contributed by atoms with E-state index < -0.39 is 73.1 Å². The van der Waals surface area contributed by atoms with Gasteiger partial charge in [-0.2, -0.15) is 11.8 Å². The number of amides is 3. The van der Waals surface area contributed by atoms with Crippen LogP contribution in [-0.2, 0) is 28.8 Å². The lowest BCUT2D eigenvalue weighted by Crippen LogP contribution is -2.54. The summed E-state index contributed by atoms with van der Waals surface area (Å²) in [6.07, 6.45) is 0.368. The minimum Gasteiger partial charge on any atom is -0.481 e. The van der Waals surface area contributed by atoms with Crippen molar-refractivity contribution in [3.63, 3.8) is 0 Å². The maximum atomic E-state index is 12.1. The molecule has 13 nitrogen and oxygen atoms in total. The molecule has 0 saturated heterocycles. The molecule has 0 spiro atoms. The lowest BCUT2D eigenvalue weighted by molar-refractivity contribution is -0.148. The van der Waals surface area contributed by atoms with Crippen molar-refractivity contribution in [2.45, 2.75) is 37.4 Å². The first kappa shape index (κ1) is 26.1. The Morgan fingerprint density at radius 2 is 1.45 bits per heavy atom. The smallest absolute Gasteiger partial charge is 0.326 e. The third-order valence-corrected chi connectivity index (χ3v) is 4.06. The number of carboxylic acid groups (broad SMARTS) is 3. The van der Waals surface area contributed by atoms with E-state index in [9.17, 15) is 28.8 Å². The van der Waals surface area contributed by atoms with Crippen molar-refractivity contribution in [2.24, 2.45) is 5.73 Å². The molecule has 3 amide bonds. The van der Waals surface area contributed by atoms with Crippen LogP contribution in [0.5, 0.6) is 0 Å². The molecule has 0 aliphatic heterocycles. The van der Waals surface area contributed by atoms with E-state index in [1.807, 2.05) is 11.6 Å². The number of hydrogen-bond acceptors (Lipinski definition) is 8. The van der Waals surface area contributed by atoms with E-state index in [0.717, 1.165) is 0 Å². The molecule has 0 aliphatic rings. The van der Waals surface area contributed by atoms with Crippen molar-refractivity contribution in [1.82, 2.24) is 16.0 Å². The van der Waals surface area contributed by atoms with E-state index in [2.05, 4.69) is 10.6 Å². The van der Waals surface area contributed by atoms with Crippen molar-refractivity contribution >= 4 is 47.4 Å². The highest BCUT2D eigenvalue weighted by Crippen LogP contribution is 2.00. The van der Waals surface area contributed by atoms with E-state index in [-0.39, 0.29) is 0 Å². The number of nitrogens with two attached hydrogens (primary N) is 1. The van der Waals surface area contributed by atoms with E-state index >= 15 is 0 Å². The maximum Gasteiger partial charge on any atom is 0.326 e. The summed E-state index contributed by atoms with van der Waals surface area (Å²) in [7, 11) is 0. The highest BCUT2D eigenvalue weighted by molar-refractivity contribution is 7.98. The minimum atomic E-state index is -1.82. The zero-order valence-electron chi connectivity index (χ0n) is 15.5. The first-order valence-electron chi connectivity index (χ1n) is 8.26. The lowest BCUT2D eigenvalue weighted by Gasteiger charge is -2.20. The van der Waals surface area contributed by atoms with E-state index in [4.69, 9.17) is 21.1 Å². The van der Waals surface area contributed by atoms with Crippen LogP contribution in [0.25, 0.3) is 0 Å². The van der Waals surface area contributed by atoms with E-state index in [1.165, 1.54) is 11.8 Å². The fourth-order valence-electron chi connectivity index (χ4n) is 1.95. The number of hydrogen-bond donors (Lipinski definition) is 7. The van der Waals surface area contributed by atoms with Gasteiger partial charge in [-0.05, 0) is 18.4 Å². The van der Waals surface area contributed by atoms with Crippen LogP contribution < -0.4 is 21.7 Å². The van der Waals surface area contributed by atoms with Gasteiger partial charge in [0, 0.05) is 0 Å². The fourth-order valence-corrected chi connectivity index (χ4v) is 2.44. The van der Waals surface area contributed by atoms with Gasteiger partial charge in [-0.15, -0.1) is 0 Å². The van der Waals surface area contributed by atoms with Gasteiger partial charge in [0.15, 0.2) is 0 Å². The average Bonchev–Trinajstić information content (AvgIpc) is 2.61. The molecule has 164 valence electrons. The molecule has 0 saturated carbocycles. The summed E-state index contributed by atoms with van der Waals surface area (Å²) in [5.41, 5.74) is 5.63. The third-order valence-electron chi connectivity index (χ3n) is 3.42. The van der Waals surface area contributed by atoms with Crippen molar-refractivity contribution in [3.05, 3.63) is 0 Å². The standard InChI is InChI=1S/C15H24N4O9S/c1-29-3-2-7(16)13(25)17-6-10(20)18-8(4-11(21)22)14(26)19-9(15(27)28)5-12(23)24/h7-9H,2-6,16H2,1H3,(H,17,25)(H,18,20)(H,19,26)(H,21,22)(H,23,24)(H,27,28). The molecule has 0 fully saturated rings. The van der Waals surface area contributed by atoms with Gasteiger partial charge in [-0.1, -0.05) is 0 Å². The molecule has 0 rings (SSSR count). The zero-order valence-corrected chi connectivity index (χ0v) is 16.4. The number of carboxylic acids is 3. The molecule has 14 heteroatoms. The van der Waals surface area contributed by atoms with Crippen LogP contribution in [0.15, 0.2) is 0 Å². The van der Waals surface area contributed by atoms with Gasteiger partial charge in [0.2, 0.25) is 17.7 Å². The Balaban J connectivity index is 4.88. The number of thioether (sulfide) groups is 1. The van der Waals surface area contributed by atoms with Crippen LogP contribution in [0.1, 0.15) is 19.3 Å². The van der Waals surface area contributed by atoms with Crippen LogP contribution >= 0.6 is 11.8 Å². The molecule has 0 heterocycles. The van der Waals surface area contributed by atoms with Crippen LogP contribution in [0.4, 0.5) is 0 Å². The van der Waals surface area contributed by atoms with Crippen molar-refractivity contribution < 1.29 is 44.1 Å². The molecule has 0 bridgehead atoms. The Morgan fingerprint density at radius 1 is 0.897 bits per heavy atom. The predicted octanol–water partition coefficient (Wildman–Crippen LogP) is -2.81. The summed E-state index contributed by atoms with van der Waals surface area (Å²) in [4.78, 5) is 68.4. The Morgan fingerprint density at radius 3 is 1.93 bits per heavy atom. The number of rotatable bonds is 14. The highest BCUT2D eigenvalue weighted by atomic mass is 32.2. The summed E-state index contributed by atoms with van der Waals surface area (Å²) in [6.45, 7) is -0.591. The van der Waals surface area contributed by atoms with Crippen molar-refractivity contribution in [3.8, 4) is 0 Å². The van der Waals surface area contributed by atoms with Gasteiger partial charge in [-0.25, -0.2) is 4.79 Å². The summed E-state index contributed by atoms with van der Waals surface area (Å²) >= 11 is 1.48. The highest BCUT2D eigenvalue weighted by Gasteiger charge is 2.29. The SMILES string of the molecule is CSCCC(N)C(=O)NCC(=O)NC(CC(=O)O)C(=O)NC(CC(=O)O)C(=O)O. The first-order valence-corrected chi connectivity index (χ1v) is 9.65. The maximum absolute atomic E-state index is 12.1. The number of nitrogens with one attached hydrogen (secondary N) is 3. The van der Waals surface area contributed by atoms with Gasteiger partial charge in [0.1, 0.15) is 12.1 Å². The second kappa shape index (κ2) is 13.3. The van der Waals surface area contributed by atoms with Gasteiger partial charge in [-0.3, -0.25) is 24.0 Å². The number of carbonyl (C=O) groups is 6. The zero-order chi connectivity index (χ0) is 22.6. The fraction of sp³-hybridized carbons (Fsp3) is 0.600. The second-order valence-electron chi connectivity index (χ2n) is 5.82. The molecule has 3 unspecified atom stereocenters. The van der Waals surface area contributed by atoms with Crippen LogP contribution in [0.3, 0.4) is 0 Å². The quantitative estimate of drug-likeness (QED) is 0.147. The van der Waals surface area contributed by atoms with Gasteiger partial charge in [0.05, 0.1) is 25.4 Å². The molecular weight excluding hydrogens is 412 g/mol. The Labute approximate surface area is 169 Å². The van der Waals surface area contributed by atoms with E-state index in [0.29, 0.717) is 12.2 Å². The molecule has 0 aliphatic carbocycles. The van der Waals surface area contributed by atoms with Crippen LogP contribution in [-0.4, -0.2) is 87.6 Å². The van der Waals surface area contributed by atoms with Crippen molar-refractivity contribution in [1.29, 1.82) is 0 Å². The Bertz CT molecular complexity index is 643. The molecule has 0 aromatic rings. The third kappa shape index (κ3) is 11.5. The molecule has 0 aromatic carbocycles.